The Morgan fingerprint density at radius 3 is 2.76 bits per heavy atom. The van der Waals surface area contributed by atoms with Gasteiger partial charge < -0.3 is 10.2 Å². The van der Waals surface area contributed by atoms with Gasteiger partial charge in [-0.25, -0.2) is 9.78 Å². The molecule has 2 atom stereocenters. The van der Waals surface area contributed by atoms with Crippen molar-refractivity contribution in [3.8, 4) is 0 Å². The number of rotatable bonds is 4. The summed E-state index contributed by atoms with van der Waals surface area (Å²) < 4.78 is 1.53. The van der Waals surface area contributed by atoms with Gasteiger partial charge in [0, 0.05) is 50.4 Å². The molecule has 2 saturated heterocycles. The van der Waals surface area contributed by atoms with Crippen molar-refractivity contribution in [2.45, 2.75) is 44.7 Å². The van der Waals surface area contributed by atoms with Gasteiger partial charge in [0.1, 0.15) is 12.1 Å². The third-order valence-electron chi connectivity index (χ3n) is 7.26. The maximum atomic E-state index is 13.1. The van der Waals surface area contributed by atoms with Crippen LogP contribution in [0.25, 0.3) is 4.96 Å². The molecule has 4 heterocycles. The van der Waals surface area contributed by atoms with Crippen LogP contribution in [0.5, 0.6) is 0 Å². The molecule has 5 rings (SSSR count). The normalized spacial score (nSPS) is 26.4. The smallest absolute Gasteiger partial charge is 0.325 e. The van der Waals surface area contributed by atoms with E-state index in [2.05, 4.69) is 15.2 Å². The zero-order valence-corrected chi connectivity index (χ0v) is 19.5. The van der Waals surface area contributed by atoms with E-state index in [9.17, 15) is 19.2 Å². The summed E-state index contributed by atoms with van der Waals surface area (Å²) in [6.07, 6.45) is 5.21. The number of hydrogen-bond donors (Lipinski definition) is 1. The highest BCUT2D eigenvalue weighted by Gasteiger charge is 2.55. The fraction of sp³-hybridized carbons (Fsp3) is 0.591. The predicted molar refractivity (Wildman–Crippen MR) is 122 cm³/mol. The second-order valence-electron chi connectivity index (χ2n) is 9.24. The number of imide groups is 1. The van der Waals surface area contributed by atoms with E-state index in [0.29, 0.717) is 49.8 Å². The number of thiazole rings is 1. The summed E-state index contributed by atoms with van der Waals surface area (Å²) in [6, 6.07) is 1.10. The Balaban J connectivity index is 1.17. The van der Waals surface area contributed by atoms with Crippen LogP contribution in [0.15, 0.2) is 22.4 Å². The Hall–Kier alpha value is -2.79. The fourth-order valence-corrected chi connectivity index (χ4v) is 5.97. The zero-order valence-electron chi connectivity index (χ0n) is 18.7. The van der Waals surface area contributed by atoms with Crippen LogP contribution in [0, 0.1) is 5.92 Å². The average molecular weight is 473 g/mol. The lowest BCUT2D eigenvalue weighted by Gasteiger charge is -2.37. The van der Waals surface area contributed by atoms with Gasteiger partial charge in [-0.1, -0.05) is 19.8 Å². The van der Waals surface area contributed by atoms with Crippen LogP contribution in [0.1, 0.15) is 38.3 Å². The van der Waals surface area contributed by atoms with E-state index in [1.165, 1.54) is 15.7 Å². The third kappa shape index (κ3) is 3.93. The first-order chi connectivity index (χ1) is 15.9. The van der Waals surface area contributed by atoms with Gasteiger partial charge in [-0.3, -0.25) is 28.6 Å². The monoisotopic (exact) mass is 472 g/mol. The Morgan fingerprint density at radius 2 is 2.00 bits per heavy atom. The first-order valence-corrected chi connectivity index (χ1v) is 12.4. The van der Waals surface area contributed by atoms with Crippen LogP contribution < -0.4 is 10.9 Å². The highest BCUT2D eigenvalue weighted by atomic mass is 32.1. The molecule has 3 fully saturated rings. The Bertz CT molecular complexity index is 1150. The van der Waals surface area contributed by atoms with E-state index >= 15 is 0 Å². The second kappa shape index (κ2) is 8.53. The second-order valence-corrected chi connectivity index (χ2v) is 10.1. The Kier molecular flexibility index (Phi) is 5.69. The maximum absolute atomic E-state index is 13.1. The minimum Gasteiger partial charge on any atom is -0.339 e. The number of hydrogen-bond acceptors (Lipinski definition) is 7. The van der Waals surface area contributed by atoms with E-state index < -0.39 is 11.6 Å². The zero-order chi connectivity index (χ0) is 23.2. The lowest BCUT2D eigenvalue weighted by atomic mass is 9.73. The molecule has 3 aliphatic rings. The molecule has 10 nitrogen and oxygen atoms in total. The molecule has 2 aliphatic heterocycles. The summed E-state index contributed by atoms with van der Waals surface area (Å²) in [5.41, 5.74) is -0.221. The van der Waals surface area contributed by atoms with Gasteiger partial charge in [0.25, 0.3) is 11.5 Å². The van der Waals surface area contributed by atoms with Gasteiger partial charge >= 0.3 is 6.03 Å². The number of aromatic nitrogens is 2. The van der Waals surface area contributed by atoms with Crippen LogP contribution in [-0.2, 0) is 16.1 Å². The van der Waals surface area contributed by atoms with Gasteiger partial charge in [0.05, 0.1) is 5.69 Å². The molecule has 0 unspecified atom stereocenters. The molecule has 176 valence electrons. The average Bonchev–Trinajstić information content (AvgIpc) is 3.36. The molecular weight excluding hydrogens is 444 g/mol. The summed E-state index contributed by atoms with van der Waals surface area (Å²) in [6.45, 7) is 4.61. The Labute approximate surface area is 195 Å². The number of carbonyl (C=O) groups excluding carboxylic acids is 3. The number of piperazine rings is 1. The fourth-order valence-electron chi connectivity index (χ4n) is 5.23. The van der Waals surface area contributed by atoms with Gasteiger partial charge in [0.15, 0.2) is 4.96 Å². The van der Waals surface area contributed by atoms with Gasteiger partial charge in [0.2, 0.25) is 5.91 Å². The van der Waals surface area contributed by atoms with Crippen LogP contribution in [0.4, 0.5) is 4.79 Å². The molecule has 2 aromatic rings. The molecule has 1 spiro atoms. The van der Waals surface area contributed by atoms with Crippen molar-refractivity contribution in [1.29, 1.82) is 0 Å². The summed E-state index contributed by atoms with van der Waals surface area (Å²) in [5.74, 6) is -0.399. The minimum absolute atomic E-state index is 0.0707. The molecule has 0 bridgehead atoms. The summed E-state index contributed by atoms with van der Waals surface area (Å²) in [7, 11) is 0. The molecule has 1 N–H and O–H groups in total. The van der Waals surface area contributed by atoms with E-state index in [4.69, 9.17) is 0 Å². The number of carbonyl (C=O) groups is 3. The molecule has 2 aromatic heterocycles. The highest BCUT2D eigenvalue weighted by Crippen LogP contribution is 2.38. The van der Waals surface area contributed by atoms with Crippen molar-refractivity contribution in [3.05, 3.63) is 33.7 Å². The molecule has 1 saturated carbocycles. The molecule has 4 amide bonds. The lowest BCUT2D eigenvalue weighted by molar-refractivity contribution is -0.141. The minimum atomic E-state index is -0.844. The Morgan fingerprint density at radius 1 is 1.21 bits per heavy atom. The predicted octanol–water partition coefficient (Wildman–Crippen LogP) is 0.901. The summed E-state index contributed by atoms with van der Waals surface area (Å²) in [5, 5.41) is 4.74. The quantitative estimate of drug-likeness (QED) is 0.663. The van der Waals surface area contributed by atoms with Gasteiger partial charge in [-0.05, 0) is 18.8 Å². The number of amides is 4. The first kappa shape index (κ1) is 22.0. The van der Waals surface area contributed by atoms with E-state index in [0.717, 1.165) is 24.2 Å². The van der Waals surface area contributed by atoms with Crippen LogP contribution in [-0.4, -0.2) is 80.2 Å². The lowest BCUT2D eigenvalue weighted by Crippen LogP contribution is -2.54. The topological polar surface area (TPSA) is 107 Å². The summed E-state index contributed by atoms with van der Waals surface area (Å²) in [4.78, 5) is 60.9. The van der Waals surface area contributed by atoms with E-state index in [-0.39, 0.29) is 29.8 Å². The van der Waals surface area contributed by atoms with E-state index in [1.54, 1.807) is 17.2 Å². The number of nitrogens with zero attached hydrogens (tertiary/aromatic N) is 5. The van der Waals surface area contributed by atoms with E-state index in [1.807, 2.05) is 12.3 Å². The largest absolute Gasteiger partial charge is 0.339 e. The molecule has 33 heavy (non-hydrogen) atoms. The highest BCUT2D eigenvalue weighted by molar-refractivity contribution is 7.15. The first-order valence-electron chi connectivity index (χ1n) is 11.5. The summed E-state index contributed by atoms with van der Waals surface area (Å²) >= 11 is 1.42. The SMILES string of the molecule is C[C@H]1CCCC[C@@]12NC(=O)N(CC(=O)N1CCN(Cc3cc(=O)n4ccsc4n3)CC1)C2=O. The van der Waals surface area contributed by atoms with Crippen molar-refractivity contribution < 1.29 is 14.4 Å². The molecule has 0 aromatic carbocycles. The standard InChI is InChI=1S/C22H28N6O4S/c1-15-4-2-3-5-22(15)19(31)28(20(32)24-22)14-18(30)26-8-6-25(7-9-26)13-16-12-17(29)27-10-11-33-21(27)23-16/h10-12,15H,2-9,13-14H2,1H3,(H,24,32)/t15-,22+/m0/s1. The number of fused-ring (bicyclic) bond motifs is 1. The maximum Gasteiger partial charge on any atom is 0.325 e. The number of nitrogens with one attached hydrogen (secondary N) is 1. The van der Waals surface area contributed by atoms with Gasteiger partial charge in [-0.2, -0.15) is 0 Å². The number of urea groups is 1. The molecule has 1 aliphatic carbocycles. The van der Waals surface area contributed by atoms with Crippen molar-refractivity contribution in [2.24, 2.45) is 5.92 Å². The van der Waals surface area contributed by atoms with Crippen molar-refractivity contribution in [3.63, 3.8) is 0 Å². The van der Waals surface area contributed by atoms with Crippen LogP contribution >= 0.6 is 11.3 Å². The third-order valence-corrected chi connectivity index (χ3v) is 8.02. The van der Waals surface area contributed by atoms with Gasteiger partial charge in [-0.15, -0.1) is 11.3 Å². The molecular formula is C22H28N6O4S. The molecule has 11 heteroatoms. The van der Waals surface area contributed by atoms with Crippen LogP contribution in [0.2, 0.25) is 0 Å². The van der Waals surface area contributed by atoms with Crippen molar-refractivity contribution in [1.82, 2.24) is 29.4 Å². The van der Waals surface area contributed by atoms with Crippen LogP contribution in [0.3, 0.4) is 0 Å². The molecule has 0 radical (unpaired) electrons. The van der Waals surface area contributed by atoms with Crippen molar-refractivity contribution in [2.75, 3.05) is 32.7 Å². The van der Waals surface area contributed by atoms with Crippen molar-refractivity contribution >= 4 is 34.1 Å².